The fraction of sp³-hybridized carbons (Fsp3) is 0.476. The second-order valence-electron chi connectivity index (χ2n) is 6.85. The van der Waals surface area contributed by atoms with Gasteiger partial charge in [-0.3, -0.25) is 4.79 Å². The Labute approximate surface area is 153 Å². The van der Waals surface area contributed by atoms with E-state index in [1.165, 1.54) is 0 Å². The van der Waals surface area contributed by atoms with Crippen LogP contribution in [0.3, 0.4) is 0 Å². The number of rotatable bonds is 3. The van der Waals surface area contributed by atoms with Crippen LogP contribution in [0.5, 0.6) is 11.5 Å². The molecule has 5 nitrogen and oxygen atoms in total. The average molecular weight is 355 g/mol. The number of nitrogens with zero attached hydrogens (tertiary/aromatic N) is 1. The topological polar surface area (TPSA) is 51.9 Å². The summed E-state index contributed by atoms with van der Waals surface area (Å²) in [5, 5.41) is 0. The van der Waals surface area contributed by atoms with Crippen molar-refractivity contribution in [1.29, 1.82) is 0 Å². The standard InChI is InChI=1S/C21H25NO4/c1-2-15-10-11-18(26-15)17-8-4-3-5-12-22(17)21(23)16-7-6-9-19-20(16)25-14-13-24-19/h6-7,9-11,17H,2-5,8,12-14H2,1H3. The van der Waals surface area contributed by atoms with E-state index in [1.54, 1.807) is 0 Å². The van der Waals surface area contributed by atoms with Crippen LogP contribution in [0.2, 0.25) is 0 Å². The molecule has 0 aliphatic carbocycles. The summed E-state index contributed by atoms with van der Waals surface area (Å²) in [5.74, 6) is 3.07. The van der Waals surface area contributed by atoms with Gasteiger partial charge >= 0.3 is 0 Å². The van der Waals surface area contributed by atoms with Crippen LogP contribution in [0.25, 0.3) is 0 Å². The number of para-hydroxylation sites is 1. The van der Waals surface area contributed by atoms with Gasteiger partial charge in [-0.25, -0.2) is 0 Å². The molecule has 0 spiro atoms. The monoisotopic (exact) mass is 355 g/mol. The fourth-order valence-corrected chi connectivity index (χ4v) is 3.81. The summed E-state index contributed by atoms with van der Waals surface area (Å²) in [5.41, 5.74) is 0.580. The van der Waals surface area contributed by atoms with Gasteiger partial charge in [-0.15, -0.1) is 0 Å². The summed E-state index contributed by atoms with van der Waals surface area (Å²) in [4.78, 5) is 15.4. The van der Waals surface area contributed by atoms with E-state index < -0.39 is 0 Å². The Balaban J connectivity index is 1.68. The summed E-state index contributed by atoms with van der Waals surface area (Å²) in [6.45, 7) is 3.80. The first kappa shape index (κ1) is 17.0. The quantitative estimate of drug-likeness (QED) is 0.820. The SMILES string of the molecule is CCc1ccc(C2CCCCCN2C(=O)c2cccc3c2OCCO3)o1. The molecule has 1 aromatic heterocycles. The van der Waals surface area contributed by atoms with Crippen molar-refractivity contribution < 1.29 is 18.7 Å². The van der Waals surface area contributed by atoms with E-state index in [2.05, 4.69) is 6.92 Å². The highest BCUT2D eigenvalue weighted by Crippen LogP contribution is 2.38. The molecule has 4 rings (SSSR count). The minimum Gasteiger partial charge on any atom is -0.486 e. The van der Waals surface area contributed by atoms with Gasteiger partial charge in [-0.2, -0.15) is 0 Å². The summed E-state index contributed by atoms with van der Waals surface area (Å²) in [7, 11) is 0. The predicted molar refractivity (Wildman–Crippen MR) is 97.8 cm³/mol. The molecule has 0 N–H and O–H groups in total. The average Bonchev–Trinajstić information content (AvgIpc) is 3.03. The Morgan fingerprint density at radius 3 is 2.85 bits per heavy atom. The molecule has 2 aromatic rings. The van der Waals surface area contributed by atoms with Crippen LogP contribution < -0.4 is 9.47 Å². The van der Waals surface area contributed by atoms with Crippen LogP contribution in [-0.2, 0) is 6.42 Å². The number of fused-ring (bicyclic) bond motifs is 1. The molecule has 0 bridgehead atoms. The van der Waals surface area contributed by atoms with E-state index >= 15 is 0 Å². The molecule has 26 heavy (non-hydrogen) atoms. The molecule has 1 aromatic carbocycles. The number of hydrogen-bond acceptors (Lipinski definition) is 4. The lowest BCUT2D eigenvalue weighted by molar-refractivity contribution is 0.0647. The molecule has 5 heteroatoms. The molecule has 2 aliphatic heterocycles. The minimum absolute atomic E-state index is 0.00583. The van der Waals surface area contributed by atoms with E-state index in [4.69, 9.17) is 13.9 Å². The third-order valence-corrected chi connectivity index (χ3v) is 5.17. The van der Waals surface area contributed by atoms with E-state index in [9.17, 15) is 4.79 Å². The highest BCUT2D eigenvalue weighted by Gasteiger charge is 2.32. The lowest BCUT2D eigenvalue weighted by atomic mass is 10.1. The smallest absolute Gasteiger partial charge is 0.258 e. The maximum atomic E-state index is 13.4. The molecule has 0 radical (unpaired) electrons. The number of hydrogen-bond donors (Lipinski definition) is 0. The fourth-order valence-electron chi connectivity index (χ4n) is 3.81. The lowest BCUT2D eigenvalue weighted by Gasteiger charge is -2.30. The Morgan fingerprint density at radius 2 is 2.00 bits per heavy atom. The molecular formula is C21H25NO4. The number of ether oxygens (including phenoxy) is 2. The lowest BCUT2D eigenvalue weighted by Crippen LogP contribution is -2.35. The number of amides is 1. The number of furan rings is 1. The van der Waals surface area contributed by atoms with Crippen LogP contribution in [0, 0.1) is 0 Å². The zero-order valence-electron chi connectivity index (χ0n) is 15.2. The van der Waals surface area contributed by atoms with Gasteiger partial charge in [0.15, 0.2) is 11.5 Å². The van der Waals surface area contributed by atoms with E-state index in [-0.39, 0.29) is 11.9 Å². The van der Waals surface area contributed by atoms with Crippen molar-refractivity contribution in [2.75, 3.05) is 19.8 Å². The number of likely N-dealkylation sites (tertiary alicyclic amines) is 1. The van der Waals surface area contributed by atoms with Crippen molar-refractivity contribution in [2.24, 2.45) is 0 Å². The Hall–Kier alpha value is -2.43. The maximum absolute atomic E-state index is 13.4. The van der Waals surface area contributed by atoms with Gasteiger partial charge in [0, 0.05) is 13.0 Å². The second-order valence-corrected chi connectivity index (χ2v) is 6.85. The molecule has 2 aliphatic rings. The van der Waals surface area contributed by atoms with Crippen molar-refractivity contribution in [2.45, 2.75) is 45.1 Å². The zero-order valence-corrected chi connectivity index (χ0v) is 15.2. The van der Waals surface area contributed by atoms with Crippen LogP contribution in [0.15, 0.2) is 34.7 Å². The zero-order chi connectivity index (χ0) is 17.9. The van der Waals surface area contributed by atoms with Gasteiger partial charge in [0.2, 0.25) is 0 Å². The molecule has 3 heterocycles. The van der Waals surface area contributed by atoms with Crippen molar-refractivity contribution in [3.8, 4) is 11.5 Å². The minimum atomic E-state index is -0.0225. The molecule has 1 amide bonds. The molecular weight excluding hydrogens is 330 g/mol. The molecule has 1 unspecified atom stereocenters. The van der Waals surface area contributed by atoms with Gasteiger partial charge in [-0.1, -0.05) is 25.8 Å². The first-order chi connectivity index (χ1) is 12.8. The van der Waals surface area contributed by atoms with Gasteiger partial charge < -0.3 is 18.8 Å². The van der Waals surface area contributed by atoms with Gasteiger partial charge in [0.25, 0.3) is 5.91 Å². The van der Waals surface area contributed by atoms with E-state index in [0.717, 1.165) is 50.2 Å². The van der Waals surface area contributed by atoms with Gasteiger partial charge in [0.1, 0.15) is 24.7 Å². The molecule has 0 saturated carbocycles. The highest BCUT2D eigenvalue weighted by molar-refractivity contribution is 5.98. The first-order valence-corrected chi connectivity index (χ1v) is 9.56. The number of carbonyl (C=O) groups is 1. The van der Waals surface area contributed by atoms with Crippen molar-refractivity contribution >= 4 is 5.91 Å². The summed E-state index contributed by atoms with van der Waals surface area (Å²) in [6.07, 6.45) is 5.03. The summed E-state index contributed by atoms with van der Waals surface area (Å²) in [6, 6.07) is 9.56. The molecule has 1 atom stereocenters. The van der Waals surface area contributed by atoms with E-state index in [0.29, 0.717) is 30.3 Å². The van der Waals surface area contributed by atoms with Crippen molar-refractivity contribution in [3.05, 3.63) is 47.4 Å². The largest absolute Gasteiger partial charge is 0.486 e. The normalized spacial score (nSPS) is 19.9. The van der Waals surface area contributed by atoms with Gasteiger partial charge in [-0.05, 0) is 37.1 Å². The van der Waals surface area contributed by atoms with Crippen molar-refractivity contribution in [1.82, 2.24) is 4.90 Å². The highest BCUT2D eigenvalue weighted by atomic mass is 16.6. The number of aryl methyl sites for hydroxylation is 1. The summed E-state index contributed by atoms with van der Waals surface area (Å²) < 4.78 is 17.4. The third-order valence-electron chi connectivity index (χ3n) is 5.17. The first-order valence-electron chi connectivity index (χ1n) is 9.56. The van der Waals surface area contributed by atoms with Crippen LogP contribution >= 0.6 is 0 Å². The Morgan fingerprint density at radius 1 is 1.12 bits per heavy atom. The van der Waals surface area contributed by atoms with Crippen LogP contribution in [0.4, 0.5) is 0 Å². The third kappa shape index (κ3) is 3.18. The number of carbonyl (C=O) groups excluding carboxylic acids is 1. The Kier molecular flexibility index (Phi) is 4.87. The van der Waals surface area contributed by atoms with Gasteiger partial charge in [0.05, 0.1) is 11.6 Å². The van der Waals surface area contributed by atoms with Crippen LogP contribution in [-0.4, -0.2) is 30.6 Å². The van der Waals surface area contributed by atoms with E-state index in [1.807, 2.05) is 35.2 Å². The Bertz CT molecular complexity index is 782. The van der Waals surface area contributed by atoms with Crippen LogP contribution in [0.1, 0.15) is 60.5 Å². The molecule has 1 fully saturated rings. The predicted octanol–water partition coefficient (Wildman–Crippen LogP) is 4.37. The summed E-state index contributed by atoms with van der Waals surface area (Å²) >= 11 is 0. The molecule has 138 valence electrons. The maximum Gasteiger partial charge on any atom is 0.258 e. The van der Waals surface area contributed by atoms with Crippen molar-refractivity contribution in [3.63, 3.8) is 0 Å². The molecule has 1 saturated heterocycles. The second kappa shape index (κ2) is 7.44. The number of benzene rings is 1.